The van der Waals surface area contributed by atoms with Gasteiger partial charge in [0.2, 0.25) is 0 Å². The average molecular weight is 599 g/mol. The first-order valence-electron chi connectivity index (χ1n) is 14.5. The summed E-state index contributed by atoms with van der Waals surface area (Å²) in [4.78, 5) is 23.6. The molecule has 0 aromatic rings. The largest absolute Gasteiger partial charge is 0.462 e. The Hall–Kier alpha value is -1.35. The fourth-order valence-corrected chi connectivity index (χ4v) is 5.19. The van der Waals surface area contributed by atoms with E-state index in [1.54, 1.807) is 0 Å². The Morgan fingerprint density at radius 3 is 1.82 bits per heavy atom. The molecule has 1 heterocycles. The zero-order valence-electron chi connectivity index (χ0n) is 23.9. The molecule has 0 aromatic heterocycles. The summed E-state index contributed by atoms with van der Waals surface area (Å²) in [7, 11) is -4.57. The molecule has 12 nitrogen and oxygen atoms in total. The summed E-state index contributed by atoms with van der Waals surface area (Å²) in [5.74, 6) is -2.17. The molecule has 6 atom stereocenters. The second-order valence-electron chi connectivity index (χ2n) is 10.5. The molecule has 1 aliphatic heterocycles. The van der Waals surface area contributed by atoms with Gasteiger partial charge in [0.25, 0.3) is 10.1 Å². The van der Waals surface area contributed by atoms with Crippen LogP contribution in [0.25, 0.3) is 0 Å². The van der Waals surface area contributed by atoms with E-state index >= 15 is 0 Å². The van der Waals surface area contributed by atoms with Gasteiger partial charge in [0.1, 0.15) is 36.8 Å². The Morgan fingerprint density at radius 1 is 0.800 bits per heavy atom. The molecule has 0 aliphatic carbocycles. The van der Waals surface area contributed by atoms with E-state index in [0.29, 0.717) is 6.42 Å². The maximum atomic E-state index is 12.1. The minimum atomic E-state index is -4.57. The first-order chi connectivity index (χ1) is 18.9. The van der Waals surface area contributed by atoms with Crippen LogP contribution in [0, 0.1) is 0 Å². The van der Waals surface area contributed by atoms with Gasteiger partial charge in [-0.3, -0.25) is 14.1 Å². The Balaban J connectivity index is 2.29. The van der Waals surface area contributed by atoms with E-state index in [9.17, 15) is 33.3 Å². The summed E-state index contributed by atoms with van der Waals surface area (Å²) in [6.45, 7) is 2.63. The SMILES string of the molecule is CCCCCCCCCCCCCCCC(=O)OC[C@H](CO[C@H]1O[C@H](CS(=O)(=O)O)[C@@H](O)[C@H](O)[C@H]1O)OC(C)=O. The van der Waals surface area contributed by atoms with Crippen molar-refractivity contribution in [3.05, 3.63) is 0 Å². The number of aliphatic hydroxyl groups excluding tert-OH is 3. The zero-order valence-corrected chi connectivity index (χ0v) is 24.8. The van der Waals surface area contributed by atoms with Gasteiger partial charge in [-0.2, -0.15) is 8.42 Å². The van der Waals surface area contributed by atoms with Crippen molar-refractivity contribution in [1.29, 1.82) is 0 Å². The third-order valence-corrected chi connectivity index (χ3v) is 7.49. The predicted octanol–water partition coefficient (Wildman–Crippen LogP) is 2.65. The fraction of sp³-hybridized carbons (Fsp3) is 0.926. The molecule has 1 saturated heterocycles. The van der Waals surface area contributed by atoms with E-state index in [0.717, 1.165) is 26.2 Å². The topological polar surface area (TPSA) is 186 Å². The van der Waals surface area contributed by atoms with Gasteiger partial charge in [-0.05, 0) is 6.42 Å². The lowest BCUT2D eigenvalue weighted by Gasteiger charge is -2.40. The van der Waals surface area contributed by atoms with Crippen LogP contribution in [-0.2, 0) is 38.7 Å². The number of hydrogen-bond donors (Lipinski definition) is 4. The molecule has 40 heavy (non-hydrogen) atoms. The third kappa shape index (κ3) is 16.8. The van der Waals surface area contributed by atoms with Crippen LogP contribution in [0.15, 0.2) is 0 Å². The molecule has 0 saturated carbocycles. The van der Waals surface area contributed by atoms with Crippen molar-refractivity contribution < 1.29 is 56.8 Å². The highest BCUT2D eigenvalue weighted by molar-refractivity contribution is 7.85. The summed E-state index contributed by atoms with van der Waals surface area (Å²) in [6, 6.07) is 0. The summed E-state index contributed by atoms with van der Waals surface area (Å²) >= 11 is 0. The van der Waals surface area contributed by atoms with Gasteiger partial charge in [-0.1, -0.05) is 84.0 Å². The molecule has 0 radical (unpaired) electrons. The smallest absolute Gasteiger partial charge is 0.305 e. The van der Waals surface area contributed by atoms with Crippen LogP contribution in [0.2, 0.25) is 0 Å². The van der Waals surface area contributed by atoms with E-state index in [2.05, 4.69) is 6.92 Å². The number of carbonyl (C=O) groups is 2. The molecule has 1 fully saturated rings. The van der Waals surface area contributed by atoms with Crippen LogP contribution in [0.4, 0.5) is 0 Å². The lowest BCUT2D eigenvalue weighted by Crippen LogP contribution is -2.60. The molecule has 13 heteroatoms. The highest BCUT2D eigenvalue weighted by Gasteiger charge is 2.45. The minimum absolute atomic E-state index is 0.219. The van der Waals surface area contributed by atoms with Crippen LogP contribution in [0.5, 0.6) is 0 Å². The maximum absolute atomic E-state index is 12.1. The molecule has 0 amide bonds. The molecule has 0 unspecified atom stereocenters. The monoisotopic (exact) mass is 598 g/mol. The van der Waals surface area contributed by atoms with Crippen molar-refractivity contribution in [2.45, 2.75) is 141 Å². The molecular weight excluding hydrogens is 548 g/mol. The zero-order chi connectivity index (χ0) is 30.0. The van der Waals surface area contributed by atoms with Gasteiger partial charge in [0.05, 0.1) is 6.61 Å². The molecular formula is C27H50O12S. The quantitative estimate of drug-likeness (QED) is 0.0812. The number of aliphatic hydroxyl groups is 3. The summed E-state index contributed by atoms with van der Waals surface area (Å²) in [6.07, 6.45) is 6.04. The van der Waals surface area contributed by atoms with Gasteiger partial charge >= 0.3 is 11.9 Å². The molecule has 4 N–H and O–H groups in total. The van der Waals surface area contributed by atoms with Crippen molar-refractivity contribution in [1.82, 2.24) is 0 Å². The van der Waals surface area contributed by atoms with E-state index < -0.39 is 71.2 Å². The van der Waals surface area contributed by atoms with Crippen molar-refractivity contribution in [2.75, 3.05) is 19.0 Å². The van der Waals surface area contributed by atoms with Crippen LogP contribution < -0.4 is 0 Å². The molecule has 236 valence electrons. The van der Waals surface area contributed by atoms with Crippen molar-refractivity contribution in [2.24, 2.45) is 0 Å². The maximum Gasteiger partial charge on any atom is 0.305 e. The number of esters is 2. The van der Waals surface area contributed by atoms with E-state index in [1.165, 1.54) is 57.8 Å². The standard InChI is InChI=1S/C27H50O12S/c1-3-4-5-6-7-8-9-10-11-12-13-14-15-16-23(29)36-17-21(38-20(2)28)18-37-27-26(32)25(31)24(30)22(39-27)19-40(33,34)35/h21-22,24-27,30-32H,3-19H2,1-2H3,(H,33,34,35)/t21-,22-,24-,25+,26-,27+/m1/s1. The van der Waals surface area contributed by atoms with Gasteiger partial charge in [0.15, 0.2) is 12.4 Å². The van der Waals surface area contributed by atoms with Crippen LogP contribution in [-0.4, -0.2) is 96.0 Å². The van der Waals surface area contributed by atoms with Crippen LogP contribution in [0.3, 0.4) is 0 Å². The fourth-order valence-electron chi connectivity index (χ4n) is 4.50. The number of carbonyl (C=O) groups excluding carboxylic acids is 2. The highest BCUT2D eigenvalue weighted by atomic mass is 32.2. The Labute approximate surface area is 238 Å². The molecule has 1 aliphatic rings. The Kier molecular flexibility index (Phi) is 18.8. The summed E-state index contributed by atoms with van der Waals surface area (Å²) in [5.41, 5.74) is 0. The number of rotatable bonds is 22. The first-order valence-corrected chi connectivity index (χ1v) is 16.1. The second kappa shape index (κ2) is 20.5. The van der Waals surface area contributed by atoms with E-state index in [1.807, 2.05) is 0 Å². The van der Waals surface area contributed by atoms with Crippen molar-refractivity contribution in [3.8, 4) is 0 Å². The highest BCUT2D eigenvalue weighted by Crippen LogP contribution is 2.23. The van der Waals surface area contributed by atoms with Crippen molar-refractivity contribution >= 4 is 22.1 Å². The average Bonchev–Trinajstić information content (AvgIpc) is 2.88. The number of hydrogen-bond acceptors (Lipinski definition) is 11. The van der Waals surface area contributed by atoms with Crippen LogP contribution >= 0.6 is 0 Å². The van der Waals surface area contributed by atoms with E-state index in [-0.39, 0.29) is 13.0 Å². The molecule has 0 bridgehead atoms. The Bertz CT molecular complexity index is 805. The normalized spacial score (nSPS) is 24.0. The van der Waals surface area contributed by atoms with E-state index in [4.69, 9.17) is 23.5 Å². The predicted molar refractivity (Wildman–Crippen MR) is 146 cm³/mol. The summed E-state index contributed by atoms with van der Waals surface area (Å²) < 4.78 is 52.2. The number of ether oxygens (including phenoxy) is 4. The second-order valence-corrected chi connectivity index (χ2v) is 12.0. The third-order valence-electron chi connectivity index (χ3n) is 6.74. The summed E-state index contributed by atoms with van der Waals surface area (Å²) in [5, 5.41) is 30.0. The van der Waals surface area contributed by atoms with Gasteiger partial charge < -0.3 is 34.3 Å². The molecule has 0 aromatic carbocycles. The Morgan fingerprint density at radius 2 is 1.32 bits per heavy atom. The molecule has 1 rings (SSSR count). The van der Waals surface area contributed by atoms with Gasteiger partial charge in [-0.25, -0.2) is 0 Å². The van der Waals surface area contributed by atoms with Gasteiger partial charge in [0, 0.05) is 13.3 Å². The lowest BCUT2D eigenvalue weighted by molar-refractivity contribution is -0.297. The minimum Gasteiger partial charge on any atom is -0.462 e. The van der Waals surface area contributed by atoms with Crippen molar-refractivity contribution in [3.63, 3.8) is 0 Å². The molecule has 0 spiro atoms. The van der Waals surface area contributed by atoms with Gasteiger partial charge in [-0.15, -0.1) is 0 Å². The lowest BCUT2D eigenvalue weighted by atomic mass is 10.00. The van der Waals surface area contributed by atoms with Crippen LogP contribution in [0.1, 0.15) is 104 Å². The first kappa shape index (κ1) is 36.7. The number of unbranched alkanes of at least 4 members (excludes halogenated alkanes) is 12.